The summed E-state index contributed by atoms with van der Waals surface area (Å²) in [6.45, 7) is 5.10. The van der Waals surface area contributed by atoms with Crippen LogP contribution in [0.4, 0.5) is 0 Å². The van der Waals surface area contributed by atoms with Crippen molar-refractivity contribution in [3.63, 3.8) is 0 Å². The van der Waals surface area contributed by atoms with Crippen LogP contribution in [0.5, 0.6) is 0 Å². The molecule has 1 atom stereocenters. The van der Waals surface area contributed by atoms with Crippen LogP contribution in [0.3, 0.4) is 0 Å². The third-order valence-corrected chi connectivity index (χ3v) is 5.98. The van der Waals surface area contributed by atoms with Gasteiger partial charge in [-0.1, -0.05) is 6.07 Å². The summed E-state index contributed by atoms with van der Waals surface area (Å²) in [5.41, 5.74) is 7.67. The summed E-state index contributed by atoms with van der Waals surface area (Å²) in [5.74, 6) is 0. The van der Waals surface area contributed by atoms with E-state index in [1.54, 1.807) is 17.5 Å². The van der Waals surface area contributed by atoms with Crippen molar-refractivity contribution in [3.8, 4) is 11.3 Å². The summed E-state index contributed by atoms with van der Waals surface area (Å²) in [7, 11) is 0. The second kappa shape index (κ2) is 6.30. The van der Waals surface area contributed by atoms with Crippen molar-refractivity contribution in [2.75, 3.05) is 6.54 Å². The zero-order valence-electron chi connectivity index (χ0n) is 14.5. The lowest BCUT2D eigenvalue weighted by Crippen LogP contribution is -2.35. The van der Waals surface area contributed by atoms with Crippen LogP contribution in [0, 0.1) is 0 Å². The molecule has 0 bridgehead atoms. The van der Waals surface area contributed by atoms with Crippen molar-refractivity contribution < 1.29 is 0 Å². The Morgan fingerprint density at radius 2 is 2.12 bits per heavy atom. The monoisotopic (exact) mass is 361 g/mol. The van der Waals surface area contributed by atoms with Crippen molar-refractivity contribution in [2.24, 2.45) is 0 Å². The average molecular weight is 361 g/mol. The van der Waals surface area contributed by atoms with Crippen LogP contribution in [0.25, 0.3) is 21.5 Å². The molecule has 3 aromatic heterocycles. The smallest absolute Gasteiger partial charge is 0.0942 e. The van der Waals surface area contributed by atoms with E-state index in [9.17, 15) is 0 Å². The van der Waals surface area contributed by atoms with Crippen LogP contribution in [-0.2, 0) is 13.1 Å². The third kappa shape index (κ3) is 2.71. The molecule has 5 rings (SSSR count). The second-order valence-electron chi connectivity index (χ2n) is 6.71. The molecule has 6 heteroatoms. The molecule has 0 N–H and O–H groups in total. The Morgan fingerprint density at radius 1 is 1.15 bits per heavy atom. The molecule has 130 valence electrons. The molecular formula is C20H19N5S. The predicted molar refractivity (Wildman–Crippen MR) is 104 cm³/mol. The molecule has 0 fully saturated rings. The highest BCUT2D eigenvalue weighted by Crippen LogP contribution is 2.29. The maximum atomic E-state index is 4.76. The van der Waals surface area contributed by atoms with E-state index in [-0.39, 0.29) is 0 Å². The highest BCUT2D eigenvalue weighted by molar-refractivity contribution is 7.16. The Bertz CT molecular complexity index is 1050. The molecule has 1 aliphatic rings. The first-order valence-electron chi connectivity index (χ1n) is 8.82. The molecule has 1 aliphatic heterocycles. The lowest BCUT2D eigenvalue weighted by atomic mass is 10.1. The highest BCUT2D eigenvalue weighted by atomic mass is 32.1. The fraction of sp³-hybridized carbons (Fsp3) is 0.250. The van der Waals surface area contributed by atoms with Gasteiger partial charge in [0, 0.05) is 37.1 Å². The average Bonchev–Trinajstić information content (AvgIpc) is 3.33. The van der Waals surface area contributed by atoms with Gasteiger partial charge in [-0.3, -0.25) is 14.6 Å². The lowest BCUT2D eigenvalue weighted by Gasteiger charge is -2.33. The van der Waals surface area contributed by atoms with Crippen LogP contribution in [-0.4, -0.2) is 31.2 Å². The Labute approximate surface area is 155 Å². The van der Waals surface area contributed by atoms with Gasteiger partial charge in [0.25, 0.3) is 0 Å². The Kier molecular flexibility index (Phi) is 3.80. The minimum absolute atomic E-state index is 0.353. The van der Waals surface area contributed by atoms with Crippen LogP contribution in [0.1, 0.15) is 24.2 Å². The van der Waals surface area contributed by atoms with Crippen LogP contribution in [0.15, 0.2) is 54.3 Å². The van der Waals surface area contributed by atoms with Gasteiger partial charge >= 0.3 is 0 Å². The maximum Gasteiger partial charge on any atom is 0.0942 e. The van der Waals surface area contributed by atoms with Crippen molar-refractivity contribution in [1.29, 1.82) is 0 Å². The highest BCUT2D eigenvalue weighted by Gasteiger charge is 2.23. The van der Waals surface area contributed by atoms with E-state index >= 15 is 0 Å². The number of fused-ring (bicyclic) bond motifs is 2. The quantitative estimate of drug-likeness (QED) is 0.550. The minimum atomic E-state index is 0.353. The van der Waals surface area contributed by atoms with Crippen molar-refractivity contribution in [3.05, 3.63) is 65.6 Å². The summed E-state index contributed by atoms with van der Waals surface area (Å²) >= 11 is 1.69. The van der Waals surface area contributed by atoms with Gasteiger partial charge in [-0.25, -0.2) is 4.98 Å². The van der Waals surface area contributed by atoms with E-state index in [1.807, 2.05) is 17.8 Å². The number of aromatic nitrogens is 4. The lowest BCUT2D eigenvalue weighted by molar-refractivity contribution is 0.161. The SMILES string of the molecule is CC(c1ccc2scnc2c1)N1CCn2nc(-c3cccnc3)cc2C1. The minimum Gasteiger partial charge on any atom is -0.289 e. The fourth-order valence-corrected chi connectivity index (χ4v) is 4.28. The topological polar surface area (TPSA) is 46.8 Å². The number of nitrogens with zero attached hydrogens (tertiary/aromatic N) is 5. The zero-order chi connectivity index (χ0) is 17.5. The first-order chi connectivity index (χ1) is 12.8. The van der Waals surface area contributed by atoms with Gasteiger partial charge in [-0.05, 0) is 42.8 Å². The normalized spacial score (nSPS) is 15.9. The summed E-state index contributed by atoms with van der Waals surface area (Å²) < 4.78 is 3.38. The zero-order valence-corrected chi connectivity index (χ0v) is 15.4. The summed E-state index contributed by atoms with van der Waals surface area (Å²) in [6.07, 6.45) is 3.67. The van der Waals surface area contributed by atoms with Crippen LogP contribution >= 0.6 is 11.3 Å². The Balaban J connectivity index is 1.40. The van der Waals surface area contributed by atoms with E-state index in [4.69, 9.17) is 5.10 Å². The first-order valence-corrected chi connectivity index (χ1v) is 9.70. The molecule has 0 radical (unpaired) electrons. The molecule has 1 unspecified atom stereocenters. The number of benzene rings is 1. The summed E-state index contributed by atoms with van der Waals surface area (Å²) in [5, 5.41) is 4.76. The number of hydrogen-bond acceptors (Lipinski definition) is 5. The summed E-state index contributed by atoms with van der Waals surface area (Å²) in [4.78, 5) is 11.2. The maximum absolute atomic E-state index is 4.76. The summed E-state index contributed by atoms with van der Waals surface area (Å²) in [6, 6.07) is 13.2. The molecule has 4 heterocycles. The molecule has 5 nitrogen and oxygen atoms in total. The Hall–Kier alpha value is -2.57. The molecule has 0 amide bonds. The van der Waals surface area contributed by atoms with Gasteiger partial charge in [0.1, 0.15) is 0 Å². The van der Waals surface area contributed by atoms with E-state index < -0.39 is 0 Å². The molecule has 1 aromatic carbocycles. The van der Waals surface area contributed by atoms with E-state index in [1.165, 1.54) is 16.0 Å². The molecular weight excluding hydrogens is 342 g/mol. The molecule has 0 saturated carbocycles. The molecule has 0 aliphatic carbocycles. The van der Waals surface area contributed by atoms with E-state index in [0.29, 0.717) is 6.04 Å². The number of pyridine rings is 1. The number of rotatable bonds is 3. The first kappa shape index (κ1) is 15.7. The third-order valence-electron chi connectivity index (χ3n) is 5.17. The van der Waals surface area contributed by atoms with Crippen molar-refractivity contribution in [1.82, 2.24) is 24.6 Å². The van der Waals surface area contributed by atoms with Gasteiger partial charge in [-0.15, -0.1) is 11.3 Å². The number of hydrogen-bond donors (Lipinski definition) is 0. The van der Waals surface area contributed by atoms with Gasteiger partial charge in [0.2, 0.25) is 0 Å². The fourth-order valence-electron chi connectivity index (χ4n) is 3.62. The Morgan fingerprint density at radius 3 is 3.00 bits per heavy atom. The van der Waals surface area contributed by atoms with Crippen molar-refractivity contribution in [2.45, 2.75) is 26.1 Å². The standard InChI is InChI=1S/C20H19N5S/c1-14(15-4-5-20-19(9-15)22-13-26-20)24-7-8-25-17(12-24)10-18(23-25)16-3-2-6-21-11-16/h2-6,9-11,13-14H,7-8,12H2,1H3. The van der Waals surface area contributed by atoms with E-state index in [2.05, 4.69) is 56.8 Å². The van der Waals surface area contributed by atoms with Gasteiger partial charge in [0.15, 0.2) is 0 Å². The van der Waals surface area contributed by atoms with Crippen LogP contribution < -0.4 is 0 Å². The van der Waals surface area contributed by atoms with Gasteiger partial charge < -0.3 is 0 Å². The number of thiazole rings is 1. The van der Waals surface area contributed by atoms with Crippen LogP contribution in [0.2, 0.25) is 0 Å². The second-order valence-corrected chi connectivity index (χ2v) is 7.60. The molecule has 4 aromatic rings. The van der Waals surface area contributed by atoms with E-state index in [0.717, 1.165) is 36.4 Å². The largest absolute Gasteiger partial charge is 0.289 e. The molecule has 0 saturated heterocycles. The van der Waals surface area contributed by atoms with Gasteiger partial charge in [-0.2, -0.15) is 5.10 Å². The molecule has 26 heavy (non-hydrogen) atoms. The molecule has 0 spiro atoms. The predicted octanol–water partition coefficient (Wildman–Crippen LogP) is 4.13. The van der Waals surface area contributed by atoms with Crippen molar-refractivity contribution >= 4 is 21.6 Å². The van der Waals surface area contributed by atoms with Gasteiger partial charge in [0.05, 0.1) is 33.7 Å².